The second-order valence-electron chi connectivity index (χ2n) is 9.62. The van der Waals surface area contributed by atoms with Crippen LogP contribution < -0.4 is 15.5 Å². The van der Waals surface area contributed by atoms with Crippen molar-refractivity contribution in [2.75, 3.05) is 19.0 Å². The summed E-state index contributed by atoms with van der Waals surface area (Å²) < 4.78 is 0. The van der Waals surface area contributed by atoms with Crippen molar-refractivity contribution in [2.45, 2.75) is 70.4 Å². The van der Waals surface area contributed by atoms with E-state index in [-0.39, 0.29) is 29.2 Å². The molecule has 3 rings (SSSR count). The number of carbonyl (C=O) groups excluding carboxylic acids is 2. The Morgan fingerprint density at radius 3 is 2.31 bits per heavy atom. The van der Waals surface area contributed by atoms with Gasteiger partial charge in [-0.15, -0.1) is 0 Å². The van der Waals surface area contributed by atoms with Gasteiger partial charge in [0.05, 0.1) is 17.8 Å². The number of ketones is 1. The molecule has 1 aliphatic carbocycles. The van der Waals surface area contributed by atoms with Crippen LogP contribution in [-0.2, 0) is 9.59 Å². The standard InChI is InChI=1S/C29H40N4O2/c1-5-25(22-15-12-18-24(19-22)33(4)23-16-10-7-11-17-23)26(30)28(34)27(21-13-8-6-9-14-21)32-29(35)20(2)31-3/h7,10-12,15-21,25,27,30-31H,5-6,8-9,13-14H2,1-4H3,(H,32,35)/t20-,25-,27-/m0/s1. The zero-order chi connectivity index (χ0) is 25.4. The van der Waals surface area contributed by atoms with Crippen LogP contribution in [0.15, 0.2) is 54.6 Å². The van der Waals surface area contributed by atoms with Crippen LogP contribution in [0, 0.1) is 11.3 Å². The average molecular weight is 477 g/mol. The summed E-state index contributed by atoms with van der Waals surface area (Å²) in [6.45, 7) is 3.80. The SMILES string of the molecule is CC[C@H](C(=N)C(=O)[C@@H](NC(=O)[C@H](C)NC)C1CCCCC1)c1cccc(N(C)c2ccccc2)c1. The summed E-state index contributed by atoms with van der Waals surface area (Å²) in [5, 5.41) is 14.9. The second-order valence-corrected chi connectivity index (χ2v) is 9.62. The highest BCUT2D eigenvalue weighted by Gasteiger charge is 2.36. The number of carbonyl (C=O) groups is 2. The first-order chi connectivity index (χ1) is 16.9. The number of anilines is 2. The normalized spacial score (nSPS) is 16.7. The van der Waals surface area contributed by atoms with Crippen molar-refractivity contribution < 1.29 is 9.59 Å². The molecule has 1 amide bonds. The molecule has 3 atom stereocenters. The highest BCUT2D eigenvalue weighted by atomic mass is 16.2. The number of hydrogen-bond acceptors (Lipinski definition) is 5. The Kier molecular flexibility index (Phi) is 9.61. The van der Waals surface area contributed by atoms with Gasteiger partial charge in [0.25, 0.3) is 0 Å². The fourth-order valence-electron chi connectivity index (χ4n) is 4.97. The lowest BCUT2D eigenvalue weighted by molar-refractivity contribution is -0.127. The molecule has 1 aliphatic rings. The van der Waals surface area contributed by atoms with Gasteiger partial charge in [0.15, 0.2) is 5.78 Å². The molecular weight excluding hydrogens is 436 g/mol. The molecule has 0 unspecified atom stereocenters. The molecule has 3 N–H and O–H groups in total. The van der Waals surface area contributed by atoms with E-state index in [4.69, 9.17) is 5.41 Å². The van der Waals surface area contributed by atoms with Crippen LogP contribution >= 0.6 is 0 Å². The van der Waals surface area contributed by atoms with Gasteiger partial charge < -0.3 is 20.9 Å². The molecule has 1 saturated carbocycles. The molecule has 0 heterocycles. The summed E-state index contributed by atoms with van der Waals surface area (Å²) in [6.07, 6.45) is 5.74. The Balaban J connectivity index is 1.85. The molecule has 0 bridgehead atoms. The highest BCUT2D eigenvalue weighted by molar-refractivity contribution is 6.42. The summed E-state index contributed by atoms with van der Waals surface area (Å²) in [6, 6.07) is 17.2. The molecular formula is C29H40N4O2. The topological polar surface area (TPSA) is 85.3 Å². The van der Waals surface area contributed by atoms with Crippen LogP contribution in [0.2, 0.25) is 0 Å². The number of para-hydroxylation sites is 1. The molecule has 6 nitrogen and oxygen atoms in total. The van der Waals surface area contributed by atoms with Crippen molar-refractivity contribution in [1.29, 1.82) is 5.41 Å². The van der Waals surface area contributed by atoms with Gasteiger partial charge in [0, 0.05) is 24.3 Å². The molecule has 1 fully saturated rings. The van der Waals surface area contributed by atoms with E-state index in [1.165, 1.54) is 0 Å². The van der Waals surface area contributed by atoms with Gasteiger partial charge in [0.1, 0.15) is 0 Å². The van der Waals surface area contributed by atoms with Crippen molar-refractivity contribution in [1.82, 2.24) is 10.6 Å². The summed E-state index contributed by atoms with van der Waals surface area (Å²) in [5.74, 6) is -0.681. The fraction of sp³-hybridized carbons (Fsp3) is 0.483. The summed E-state index contributed by atoms with van der Waals surface area (Å²) in [7, 11) is 3.75. The van der Waals surface area contributed by atoms with E-state index in [1.54, 1.807) is 14.0 Å². The lowest BCUT2D eigenvalue weighted by Crippen LogP contribution is -2.53. The first-order valence-corrected chi connectivity index (χ1v) is 12.9. The first-order valence-electron chi connectivity index (χ1n) is 12.9. The number of nitrogens with zero attached hydrogens (tertiary/aromatic N) is 1. The molecule has 188 valence electrons. The minimum Gasteiger partial charge on any atom is -0.345 e. The average Bonchev–Trinajstić information content (AvgIpc) is 2.91. The lowest BCUT2D eigenvalue weighted by Gasteiger charge is -2.32. The molecule has 0 saturated heterocycles. The third-order valence-electron chi connectivity index (χ3n) is 7.35. The van der Waals surface area contributed by atoms with Crippen LogP contribution in [0.4, 0.5) is 11.4 Å². The summed E-state index contributed by atoms with van der Waals surface area (Å²) >= 11 is 0. The predicted molar refractivity (Wildman–Crippen MR) is 144 cm³/mol. The Hall–Kier alpha value is -2.99. The molecule has 0 spiro atoms. The maximum atomic E-state index is 13.7. The van der Waals surface area contributed by atoms with E-state index < -0.39 is 12.1 Å². The third kappa shape index (κ3) is 6.57. The van der Waals surface area contributed by atoms with E-state index in [9.17, 15) is 9.59 Å². The molecule has 0 radical (unpaired) electrons. The maximum Gasteiger partial charge on any atom is 0.237 e. The van der Waals surface area contributed by atoms with Gasteiger partial charge >= 0.3 is 0 Å². The largest absolute Gasteiger partial charge is 0.345 e. The molecule has 0 aliphatic heterocycles. The molecule has 6 heteroatoms. The minimum absolute atomic E-state index is 0.0812. The smallest absolute Gasteiger partial charge is 0.237 e. The highest BCUT2D eigenvalue weighted by Crippen LogP contribution is 2.31. The lowest BCUT2D eigenvalue weighted by atomic mass is 9.78. The van der Waals surface area contributed by atoms with Gasteiger partial charge in [-0.1, -0.05) is 56.5 Å². The predicted octanol–water partition coefficient (Wildman–Crippen LogP) is 5.21. The molecule has 2 aromatic rings. The quantitative estimate of drug-likeness (QED) is 0.389. The van der Waals surface area contributed by atoms with Crippen molar-refractivity contribution in [2.24, 2.45) is 5.92 Å². The number of nitrogens with one attached hydrogen (secondary N) is 3. The van der Waals surface area contributed by atoms with Gasteiger partial charge in [-0.2, -0.15) is 0 Å². The van der Waals surface area contributed by atoms with Crippen LogP contribution in [0.3, 0.4) is 0 Å². The van der Waals surface area contributed by atoms with Gasteiger partial charge in [-0.25, -0.2) is 0 Å². The first kappa shape index (κ1) is 26.6. The zero-order valence-corrected chi connectivity index (χ0v) is 21.5. The Labute approximate surface area is 210 Å². The number of rotatable bonds is 11. The van der Waals surface area contributed by atoms with Crippen LogP contribution in [0.5, 0.6) is 0 Å². The van der Waals surface area contributed by atoms with Crippen LogP contribution in [0.25, 0.3) is 0 Å². The van der Waals surface area contributed by atoms with Gasteiger partial charge in [-0.3, -0.25) is 9.59 Å². The van der Waals surface area contributed by atoms with Crippen LogP contribution in [-0.4, -0.2) is 43.6 Å². The van der Waals surface area contributed by atoms with Crippen molar-refractivity contribution >= 4 is 28.8 Å². The second kappa shape index (κ2) is 12.6. The zero-order valence-electron chi connectivity index (χ0n) is 21.5. The number of amides is 1. The van der Waals surface area contributed by atoms with Crippen molar-refractivity contribution in [3.8, 4) is 0 Å². The maximum absolute atomic E-state index is 13.7. The van der Waals surface area contributed by atoms with E-state index >= 15 is 0 Å². The van der Waals surface area contributed by atoms with E-state index in [0.717, 1.165) is 49.0 Å². The monoisotopic (exact) mass is 476 g/mol. The van der Waals surface area contributed by atoms with Gasteiger partial charge in [0.2, 0.25) is 5.91 Å². The Morgan fingerprint density at radius 1 is 1.03 bits per heavy atom. The number of benzene rings is 2. The molecule has 35 heavy (non-hydrogen) atoms. The van der Waals surface area contributed by atoms with Crippen LogP contribution in [0.1, 0.15) is 63.9 Å². The van der Waals surface area contributed by atoms with E-state index in [1.807, 2.05) is 50.4 Å². The third-order valence-corrected chi connectivity index (χ3v) is 7.35. The van der Waals surface area contributed by atoms with Crippen molar-refractivity contribution in [3.63, 3.8) is 0 Å². The van der Waals surface area contributed by atoms with E-state index in [0.29, 0.717) is 6.42 Å². The molecule has 2 aromatic carbocycles. The minimum atomic E-state index is -0.643. The van der Waals surface area contributed by atoms with E-state index in [2.05, 4.69) is 33.7 Å². The van der Waals surface area contributed by atoms with Crippen molar-refractivity contribution in [3.05, 3.63) is 60.2 Å². The summed E-state index contributed by atoms with van der Waals surface area (Å²) in [5.41, 5.74) is 3.11. The number of likely N-dealkylation sites (N-methyl/N-ethyl adjacent to an activating group) is 1. The fourth-order valence-corrected chi connectivity index (χ4v) is 4.97. The Morgan fingerprint density at radius 2 is 1.69 bits per heavy atom. The number of hydrogen-bond donors (Lipinski definition) is 3. The van der Waals surface area contributed by atoms with Gasteiger partial charge in [-0.05, 0) is 69.0 Å². The number of Topliss-reactive ketones (excluding diaryl/α,β-unsaturated/α-hetero) is 1. The Bertz CT molecular complexity index is 1000. The summed E-state index contributed by atoms with van der Waals surface area (Å²) in [4.78, 5) is 28.6. The molecule has 0 aromatic heterocycles.